The smallest absolute Gasteiger partial charge is 0.123 e. The quantitative estimate of drug-likeness (QED) is 0.853. The van der Waals surface area contributed by atoms with Gasteiger partial charge in [0.05, 0.1) is 12.5 Å². The van der Waals surface area contributed by atoms with Crippen LogP contribution in [0.25, 0.3) is 0 Å². The molecule has 1 aromatic heterocycles. The molecule has 1 aromatic carbocycles. The van der Waals surface area contributed by atoms with Gasteiger partial charge >= 0.3 is 0 Å². The summed E-state index contributed by atoms with van der Waals surface area (Å²) in [5.74, 6) is -0.203. The molecule has 0 unspecified atom stereocenters. The Balaban J connectivity index is 1.93. The summed E-state index contributed by atoms with van der Waals surface area (Å²) >= 11 is 0. The summed E-state index contributed by atoms with van der Waals surface area (Å²) in [7, 11) is 0. The van der Waals surface area contributed by atoms with E-state index in [0.717, 1.165) is 17.7 Å². The molecule has 2 nitrogen and oxygen atoms in total. The highest BCUT2D eigenvalue weighted by Crippen LogP contribution is 2.13. The van der Waals surface area contributed by atoms with Gasteiger partial charge in [-0.05, 0) is 30.7 Å². The molecular weight excluding hydrogens is 205 g/mol. The van der Waals surface area contributed by atoms with Crippen LogP contribution in [0.5, 0.6) is 0 Å². The van der Waals surface area contributed by atoms with Crippen LogP contribution in [0.4, 0.5) is 4.39 Å². The van der Waals surface area contributed by atoms with Gasteiger partial charge in [-0.1, -0.05) is 12.1 Å². The summed E-state index contributed by atoms with van der Waals surface area (Å²) in [5.41, 5.74) is 2.18. The van der Waals surface area contributed by atoms with Gasteiger partial charge < -0.3 is 9.73 Å². The number of nitrogens with one attached hydrogen (secondary N) is 1. The van der Waals surface area contributed by atoms with E-state index in [1.807, 2.05) is 13.0 Å². The minimum atomic E-state index is -0.203. The van der Waals surface area contributed by atoms with Crippen molar-refractivity contribution in [2.24, 2.45) is 0 Å². The highest BCUT2D eigenvalue weighted by Gasteiger charge is 2.04. The minimum absolute atomic E-state index is 0.190. The lowest BCUT2D eigenvalue weighted by molar-refractivity contribution is 0.546. The maximum absolute atomic E-state index is 12.7. The molecule has 1 atom stereocenters. The van der Waals surface area contributed by atoms with Gasteiger partial charge in [0.15, 0.2) is 0 Å². The number of halogens is 1. The first-order valence-electron chi connectivity index (χ1n) is 5.25. The van der Waals surface area contributed by atoms with Crippen molar-refractivity contribution in [2.75, 3.05) is 0 Å². The Kier molecular flexibility index (Phi) is 3.37. The Hall–Kier alpha value is -1.61. The van der Waals surface area contributed by atoms with Gasteiger partial charge in [0.2, 0.25) is 0 Å². The van der Waals surface area contributed by atoms with Crippen LogP contribution in [0.1, 0.15) is 24.1 Å². The lowest BCUT2D eigenvalue weighted by atomic mass is 10.1. The summed E-state index contributed by atoms with van der Waals surface area (Å²) < 4.78 is 17.7. The SMILES string of the molecule is C[C@@H](NCc1ccoc1)c1ccc(F)cc1. The predicted octanol–water partition coefficient (Wildman–Crippen LogP) is 3.27. The Morgan fingerprint density at radius 2 is 2.00 bits per heavy atom. The Bertz CT molecular complexity index is 422. The molecule has 0 aliphatic heterocycles. The third-order valence-corrected chi connectivity index (χ3v) is 2.56. The molecule has 2 aromatic rings. The molecule has 16 heavy (non-hydrogen) atoms. The van der Waals surface area contributed by atoms with Gasteiger partial charge in [-0.3, -0.25) is 0 Å². The number of benzene rings is 1. The zero-order chi connectivity index (χ0) is 11.4. The van der Waals surface area contributed by atoms with Gasteiger partial charge in [-0.25, -0.2) is 4.39 Å². The first kappa shape index (κ1) is 10.9. The molecule has 0 bridgehead atoms. The second-order valence-electron chi connectivity index (χ2n) is 3.79. The van der Waals surface area contributed by atoms with Crippen molar-refractivity contribution < 1.29 is 8.81 Å². The Morgan fingerprint density at radius 1 is 1.25 bits per heavy atom. The van der Waals surface area contributed by atoms with Crippen LogP contribution >= 0.6 is 0 Å². The van der Waals surface area contributed by atoms with Crippen molar-refractivity contribution in [3.63, 3.8) is 0 Å². The molecule has 0 fully saturated rings. The first-order valence-corrected chi connectivity index (χ1v) is 5.25. The second kappa shape index (κ2) is 4.94. The van der Waals surface area contributed by atoms with Gasteiger partial charge in [0.25, 0.3) is 0 Å². The zero-order valence-electron chi connectivity index (χ0n) is 9.11. The van der Waals surface area contributed by atoms with Gasteiger partial charge in [0.1, 0.15) is 5.82 Å². The second-order valence-corrected chi connectivity index (χ2v) is 3.79. The van der Waals surface area contributed by atoms with Crippen LogP contribution in [0.15, 0.2) is 47.3 Å². The number of rotatable bonds is 4. The van der Waals surface area contributed by atoms with Crippen LogP contribution < -0.4 is 5.32 Å². The van der Waals surface area contributed by atoms with Crippen molar-refractivity contribution in [3.8, 4) is 0 Å². The fourth-order valence-electron chi connectivity index (χ4n) is 1.53. The predicted molar refractivity (Wildman–Crippen MR) is 60.4 cm³/mol. The fraction of sp³-hybridized carbons (Fsp3) is 0.231. The van der Waals surface area contributed by atoms with E-state index in [9.17, 15) is 4.39 Å². The maximum Gasteiger partial charge on any atom is 0.123 e. The third kappa shape index (κ3) is 2.70. The van der Waals surface area contributed by atoms with Gasteiger partial charge in [-0.15, -0.1) is 0 Å². The van der Waals surface area contributed by atoms with Crippen molar-refractivity contribution in [1.29, 1.82) is 0 Å². The van der Waals surface area contributed by atoms with Crippen molar-refractivity contribution in [2.45, 2.75) is 19.5 Å². The lowest BCUT2D eigenvalue weighted by Gasteiger charge is -2.13. The van der Waals surface area contributed by atoms with Crippen molar-refractivity contribution in [3.05, 3.63) is 59.8 Å². The largest absolute Gasteiger partial charge is 0.472 e. The van der Waals surface area contributed by atoms with E-state index >= 15 is 0 Å². The monoisotopic (exact) mass is 219 g/mol. The molecule has 0 amide bonds. The van der Waals surface area contributed by atoms with E-state index in [2.05, 4.69) is 5.32 Å². The standard InChI is InChI=1S/C13H14FNO/c1-10(12-2-4-13(14)5-3-12)15-8-11-6-7-16-9-11/h2-7,9-10,15H,8H2,1H3/t10-/m1/s1. The zero-order valence-corrected chi connectivity index (χ0v) is 9.11. The van der Waals surface area contributed by atoms with Crippen LogP contribution in [-0.4, -0.2) is 0 Å². The van der Waals surface area contributed by atoms with E-state index < -0.39 is 0 Å². The Morgan fingerprint density at radius 3 is 2.62 bits per heavy atom. The van der Waals surface area contributed by atoms with Gasteiger partial charge in [-0.2, -0.15) is 0 Å². The lowest BCUT2D eigenvalue weighted by Crippen LogP contribution is -2.17. The molecule has 1 heterocycles. The number of furan rings is 1. The van der Waals surface area contributed by atoms with E-state index in [-0.39, 0.29) is 11.9 Å². The molecule has 1 N–H and O–H groups in total. The molecule has 0 aliphatic rings. The highest BCUT2D eigenvalue weighted by molar-refractivity contribution is 5.19. The normalized spacial score (nSPS) is 12.6. The summed E-state index contributed by atoms with van der Waals surface area (Å²) in [6.45, 7) is 2.79. The van der Waals surface area contributed by atoms with Gasteiger partial charge in [0, 0.05) is 18.2 Å². The van der Waals surface area contributed by atoms with Crippen molar-refractivity contribution >= 4 is 0 Å². The molecular formula is C13H14FNO. The van der Waals surface area contributed by atoms with E-state index in [0.29, 0.717) is 0 Å². The van der Waals surface area contributed by atoms with Crippen LogP contribution in [0.2, 0.25) is 0 Å². The van der Waals surface area contributed by atoms with Crippen LogP contribution in [0, 0.1) is 5.82 Å². The molecule has 0 spiro atoms. The molecule has 0 saturated heterocycles. The summed E-state index contributed by atoms with van der Waals surface area (Å²) in [6, 6.07) is 8.65. The molecule has 84 valence electrons. The first-order chi connectivity index (χ1) is 7.75. The maximum atomic E-state index is 12.7. The summed E-state index contributed by atoms with van der Waals surface area (Å²) in [4.78, 5) is 0. The topological polar surface area (TPSA) is 25.2 Å². The molecule has 0 aliphatic carbocycles. The molecule has 2 rings (SSSR count). The van der Waals surface area contributed by atoms with Crippen molar-refractivity contribution in [1.82, 2.24) is 5.32 Å². The minimum Gasteiger partial charge on any atom is -0.472 e. The molecule has 0 radical (unpaired) electrons. The number of hydrogen-bond donors (Lipinski definition) is 1. The Labute approximate surface area is 94.1 Å². The average Bonchev–Trinajstić information content (AvgIpc) is 2.80. The van der Waals surface area contributed by atoms with E-state index in [1.165, 1.54) is 12.1 Å². The third-order valence-electron chi connectivity index (χ3n) is 2.56. The van der Waals surface area contributed by atoms with E-state index in [1.54, 1.807) is 24.7 Å². The van der Waals surface area contributed by atoms with E-state index in [4.69, 9.17) is 4.42 Å². The summed E-state index contributed by atoms with van der Waals surface area (Å²) in [6.07, 6.45) is 3.37. The highest BCUT2D eigenvalue weighted by atomic mass is 19.1. The van der Waals surface area contributed by atoms with Crippen LogP contribution in [0.3, 0.4) is 0 Å². The van der Waals surface area contributed by atoms with Crippen LogP contribution in [-0.2, 0) is 6.54 Å². The average molecular weight is 219 g/mol. The molecule has 0 saturated carbocycles. The number of hydrogen-bond acceptors (Lipinski definition) is 2. The molecule has 3 heteroatoms. The summed E-state index contributed by atoms with van der Waals surface area (Å²) in [5, 5.41) is 3.34. The fourth-order valence-corrected chi connectivity index (χ4v) is 1.53.